The molecule has 0 unspecified atom stereocenters. The van der Waals surface area contributed by atoms with Gasteiger partial charge in [-0.05, 0) is 59.2 Å². The van der Waals surface area contributed by atoms with Crippen molar-refractivity contribution < 1.29 is 0 Å². The van der Waals surface area contributed by atoms with E-state index >= 15 is 0 Å². The highest BCUT2D eigenvalue weighted by Gasteiger charge is 2.31. The first kappa shape index (κ1) is 13.8. The molecule has 0 aliphatic carbocycles. The van der Waals surface area contributed by atoms with E-state index in [0.29, 0.717) is 0 Å². The number of hydrogen-bond donors (Lipinski definition) is 0. The molecular weight excluding hydrogens is 206 g/mol. The summed E-state index contributed by atoms with van der Waals surface area (Å²) < 4.78 is 0. The van der Waals surface area contributed by atoms with Crippen LogP contribution in [0.3, 0.4) is 0 Å². The molecule has 0 heterocycles. The largest absolute Gasteiger partial charge is 0.362 e. The Balaban J connectivity index is 3.19. The van der Waals surface area contributed by atoms with Crippen LogP contribution in [0, 0.1) is 0 Å². The molecule has 0 radical (unpaired) electrons. The Bertz CT molecular complexity index is 359. The van der Waals surface area contributed by atoms with E-state index < -0.39 is 0 Å². The first-order valence-corrected chi connectivity index (χ1v) is 6.19. The van der Waals surface area contributed by atoms with Crippen LogP contribution in [0.4, 0.5) is 5.69 Å². The molecule has 0 N–H and O–H groups in total. The van der Waals surface area contributed by atoms with E-state index in [4.69, 9.17) is 0 Å². The van der Waals surface area contributed by atoms with Gasteiger partial charge in [0.15, 0.2) is 0 Å². The first-order chi connectivity index (χ1) is 7.66. The fourth-order valence-electron chi connectivity index (χ4n) is 2.54. The maximum atomic E-state index is 3.79. The van der Waals surface area contributed by atoms with Gasteiger partial charge in [-0.1, -0.05) is 24.8 Å². The average Bonchev–Trinajstić information content (AvgIpc) is 2.14. The van der Waals surface area contributed by atoms with E-state index in [2.05, 4.69) is 77.3 Å². The van der Waals surface area contributed by atoms with Gasteiger partial charge in [0.2, 0.25) is 0 Å². The fourth-order valence-corrected chi connectivity index (χ4v) is 2.54. The first-order valence-electron chi connectivity index (χ1n) is 6.19. The van der Waals surface area contributed by atoms with Gasteiger partial charge < -0.3 is 4.90 Å². The van der Waals surface area contributed by atoms with Crippen LogP contribution in [0.15, 0.2) is 30.8 Å². The summed E-state index contributed by atoms with van der Waals surface area (Å²) in [6.45, 7) is 17.3. The summed E-state index contributed by atoms with van der Waals surface area (Å²) in [4.78, 5) is 2.45. The predicted molar refractivity (Wildman–Crippen MR) is 78.5 cm³/mol. The van der Waals surface area contributed by atoms with Crippen molar-refractivity contribution in [1.29, 1.82) is 0 Å². The summed E-state index contributed by atoms with van der Waals surface area (Å²) in [5.41, 5.74) is 2.63. The molecule has 0 saturated carbocycles. The molecule has 17 heavy (non-hydrogen) atoms. The topological polar surface area (TPSA) is 3.24 Å². The van der Waals surface area contributed by atoms with Gasteiger partial charge in [0.1, 0.15) is 0 Å². The molecule has 0 aliphatic rings. The van der Waals surface area contributed by atoms with Gasteiger partial charge in [-0.2, -0.15) is 0 Å². The van der Waals surface area contributed by atoms with E-state index in [1.54, 1.807) is 0 Å². The Morgan fingerprint density at radius 3 is 1.59 bits per heavy atom. The summed E-state index contributed by atoms with van der Waals surface area (Å²) >= 11 is 0. The Labute approximate surface area is 106 Å². The minimum atomic E-state index is 0.105. The van der Waals surface area contributed by atoms with Gasteiger partial charge in [0.25, 0.3) is 0 Å². The van der Waals surface area contributed by atoms with Crippen molar-refractivity contribution in [2.75, 3.05) is 4.90 Å². The normalized spacial score (nSPS) is 12.4. The molecule has 0 aromatic heterocycles. The van der Waals surface area contributed by atoms with Crippen LogP contribution in [0.1, 0.15) is 47.1 Å². The van der Waals surface area contributed by atoms with Crippen molar-refractivity contribution in [2.24, 2.45) is 0 Å². The van der Waals surface area contributed by atoms with Crippen LogP contribution in [0.2, 0.25) is 0 Å². The van der Waals surface area contributed by atoms with Crippen LogP contribution < -0.4 is 4.90 Å². The summed E-state index contributed by atoms with van der Waals surface area (Å²) in [5, 5.41) is 0. The molecular formula is C16H25N. The fraction of sp³-hybridized carbons (Fsp3) is 0.500. The van der Waals surface area contributed by atoms with Gasteiger partial charge in [0, 0.05) is 16.8 Å². The van der Waals surface area contributed by atoms with Crippen molar-refractivity contribution in [3.8, 4) is 0 Å². The number of rotatable bonds is 2. The van der Waals surface area contributed by atoms with E-state index in [1.165, 1.54) is 5.69 Å². The highest BCUT2D eigenvalue weighted by Crippen LogP contribution is 2.31. The monoisotopic (exact) mass is 231 g/mol. The van der Waals surface area contributed by atoms with E-state index in [1.807, 2.05) is 6.08 Å². The quantitative estimate of drug-likeness (QED) is 0.711. The van der Waals surface area contributed by atoms with Crippen LogP contribution >= 0.6 is 0 Å². The van der Waals surface area contributed by atoms with Crippen LogP contribution in [-0.2, 0) is 0 Å². The molecule has 1 aromatic rings. The highest BCUT2D eigenvalue weighted by atomic mass is 15.2. The Morgan fingerprint density at radius 2 is 1.29 bits per heavy atom. The van der Waals surface area contributed by atoms with Crippen LogP contribution in [0.25, 0.3) is 6.08 Å². The lowest BCUT2D eigenvalue weighted by molar-refractivity contribution is 0.381. The minimum Gasteiger partial charge on any atom is -0.362 e. The zero-order chi connectivity index (χ0) is 13.3. The summed E-state index contributed by atoms with van der Waals surface area (Å²) in [6, 6.07) is 8.58. The Morgan fingerprint density at radius 1 is 0.882 bits per heavy atom. The standard InChI is InChI=1S/C16H25N/c1-8-13-9-11-14(12-10-13)17(15(2,3)4)16(5,6)7/h8-12H,1H2,2-7H3. The van der Waals surface area contributed by atoms with E-state index in [-0.39, 0.29) is 11.1 Å². The predicted octanol–water partition coefficient (Wildman–Crippen LogP) is 4.73. The van der Waals surface area contributed by atoms with Crippen LogP contribution in [-0.4, -0.2) is 11.1 Å². The summed E-state index contributed by atoms with van der Waals surface area (Å²) in [6.07, 6.45) is 1.88. The molecule has 0 spiro atoms. The molecule has 0 aliphatic heterocycles. The lowest BCUT2D eigenvalue weighted by Gasteiger charge is -2.47. The van der Waals surface area contributed by atoms with Crippen molar-refractivity contribution in [2.45, 2.75) is 52.6 Å². The molecule has 94 valence electrons. The second-order valence-electron chi connectivity index (χ2n) is 6.47. The van der Waals surface area contributed by atoms with Crippen molar-refractivity contribution >= 4 is 11.8 Å². The molecule has 1 aromatic carbocycles. The molecule has 0 fully saturated rings. The third-order valence-electron chi connectivity index (χ3n) is 2.73. The second-order valence-corrected chi connectivity index (χ2v) is 6.47. The van der Waals surface area contributed by atoms with Crippen molar-refractivity contribution in [3.05, 3.63) is 36.4 Å². The summed E-state index contributed by atoms with van der Waals surface area (Å²) in [5.74, 6) is 0. The van der Waals surface area contributed by atoms with Gasteiger partial charge in [0.05, 0.1) is 0 Å². The molecule has 0 amide bonds. The van der Waals surface area contributed by atoms with Gasteiger partial charge >= 0.3 is 0 Å². The lowest BCUT2D eigenvalue weighted by Crippen LogP contribution is -2.53. The van der Waals surface area contributed by atoms with Gasteiger partial charge in [-0.25, -0.2) is 0 Å². The Kier molecular flexibility index (Phi) is 3.71. The maximum Gasteiger partial charge on any atom is 0.0375 e. The highest BCUT2D eigenvalue weighted by molar-refractivity contribution is 5.57. The molecule has 1 heteroatoms. The molecule has 0 bridgehead atoms. The zero-order valence-electron chi connectivity index (χ0n) is 12.0. The Hall–Kier alpha value is -1.24. The third-order valence-corrected chi connectivity index (χ3v) is 2.73. The zero-order valence-corrected chi connectivity index (χ0v) is 12.0. The third kappa shape index (κ3) is 3.36. The SMILES string of the molecule is C=Cc1ccc(N(C(C)(C)C)C(C)(C)C)cc1. The molecule has 0 saturated heterocycles. The maximum absolute atomic E-state index is 3.79. The molecule has 1 nitrogen and oxygen atoms in total. The summed E-state index contributed by atoms with van der Waals surface area (Å²) in [7, 11) is 0. The van der Waals surface area contributed by atoms with E-state index in [9.17, 15) is 0 Å². The minimum absolute atomic E-state index is 0.105. The van der Waals surface area contributed by atoms with Crippen molar-refractivity contribution in [3.63, 3.8) is 0 Å². The number of benzene rings is 1. The molecule has 0 atom stereocenters. The smallest absolute Gasteiger partial charge is 0.0375 e. The van der Waals surface area contributed by atoms with Crippen molar-refractivity contribution in [1.82, 2.24) is 0 Å². The lowest BCUT2D eigenvalue weighted by atomic mass is 9.94. The average molecular weight is 231 g/mol. The van der Waals surface area contributed by atoms with Gasteiger partial charge in [-0.3, -0.25) is 0 Å². The number of nitrogens with zero attached hydrogens (tertiary/aromatic N) is 1. The number of anilines is 1. The number of hydrogen-bond acceptors (Lipinski definition) is 1. The second kappa shape index (κ2) is 4.56. The van der Waals surface area contributed by atoms with E-state index in [0.717, 1.165) is 5.56 Å². The van der Waals surface area contributed by atoms with Crippen LogP contribution in [0.5, 0.6) is 0 Å². The van der Waals surface area contributed by atoms with Gasteiger partial charge in [-0.15, -0.1) is 0 Å². The molecule has 1 rings (SSSR count).